The van der Waals surface area contributed by atoms with Gasteiger partial charge in [-0.3, -0.25) is 0 Å². The molecule has 21 heavy (non-hydrogen) atoms. The zero-order valence-corrected chi connectivity index (χ0v) is 14.2. The summed E-state index contributed by atoms with van der Waals surface area (Å²) in [5, 5.41) is 6.53. The summed E-state index contributed by atoms with van der Waals surface area (Å²) in [4.78, 5) is 14.8. The molecule has 0 amide bonds. The zero-order chi connectivity index (χ0) is 15.2. The zero-order valence-electron chi connectivity index (χ0n) is 13.4. The summed E-state index contributed by atoms with van der Waals surface area (Å²) in [6.07, 6.45) is 2.19. The number of nitrogens with zero attached hydrogens (tertiary/aromatic N) is 4. The Bertz CT molecular complexity index is 566. The van der Waals surface area contributed by atoms with Gasteiger partial charge >= 0.3 is 0 Å². The molecule has 2 rings (SSSR count). The average molecular weight is 307 g/mol. The Labute approximate surface area is 131 Å². The Morgan fingerprint density at radius 3 is 2.71 bits per heavy atom. The van der Waals surface area contributed by atoms with E-state index in [9.17, 15) is 0 Å². The molecule has 0 fully saturated rings. The second-order valence-electron chi connectivity index (χ2n) is 5.52. The van der Waals surface area contributed by atoms with E-state index in [0.29, 0.717) is 0 Å². The van der Waals surface area contributed by atoms with Crippen molar-refractivity contribution in [3.8, 4) is 0 Å². The van der Waals surface area contributed by atoms with Crippen LogP contribution < -0.4 is 10.2 Å². The number of rotatable bonds is 8. The Morgan fingerprint density at radius 1 is 1.19 bits per heavy atom. The van der Waals surface area contributed by atoms with Crippen LogP contribution in [0.4, 0.5) is 11.8 Å². The van der Waals surface area contributed by atoms with Crippen LogP contribution in [0.5, 0.6) is 0 Å². The van der Waals surface area contributed by atoms with Gasteiger partial charge in [-0.25, -0.2) is 4.98 Å². The number of thiophene rings is 1. The topological polar surface area (TPSA) is 44.3 Å². The molecule has 2 aromatic heterocycles. The lowest BCUT2D eigenvalue weighted by Gasteiger charge is -2.20. The standard InChI is InChI=1S/C15H25N5S/c1-5-8-16-15-17-13(12-7-11-21-14(12)18-15)20(4)10-6-9-19(2)3/h7,11H,5-6,8-10H2,1-4H3,(H,16,17,18). The van der Waals surface area contributed by atoms with Crippen LogP contribution in [0.1, 0.15) is 19.8 Å². The van der Waals surface area contributed by atoms with Gasteiger partial charge < -0.3 is 15.1 Å². The lowest BCUT2D eigenvalue weighted by atomic mass is 10.3. The van der Waals surface area contributed by atoms with Gasteiger partial charge in [-0.2, -0.15) is 4.98 Å². The summed E-state index contributed by atoms with van der Waals surface area (Å²) in [5.74, 6) is 1.76. The maximum absolute atomic E-state index is 4.71. The van der Waals surface area contributed by atoms with E-state index in [-0.39, 0.29) is 0 Å². The molecule has 0 aliphatic heterocycles. The van der Waals surface area contributed by atoms with Crippen molar-refractivity contribution in [2.45, 2.75) is 19.8 Å². The summed E-state index contributed by atoms with van der Waals surface area (Å²) < 4.78 is 0. The van der Waals surface area contributed by atoms with E-state index in [1.54, 1.807) is 11.3 Å². The lowest BCUT2D eigenvalue weighted by molar-refractivity contribution is 0.401. The molecule has 116 valence electrons. The first-order chi connectivity index (χ1) is 10.1. The third-order valence-electron chi connectivity index (χ3n) is 3.30. The van der Waals surface area contributed by atoms with E-state index in [1.807, 2.05) is 0 Å². The molecule has 0 aromatic carbocycles. The molecule has 2 heterocycles. The molecular weight excluding hydrogens is 282 g/mol. The van der Waals surface area contributed by atoms with E-state index < -0.39 is 0 Å². The second-order valence-corrected chi connectivity index (χ2v) is 6.41. The highest BCUT2D eigenvalue weighted by molar-refractivity contribution is 7.16. The normalized spacial score (nSPS) is 11.3. The molecule has 2 aromatic rings. The Kier molecular flexibility index (Phi) is 5.76. The Morgan fingerprint density at radius 2 is 2.00 bits per heavy atom. The van der Waals surface area contributed by atoms with Gasteiger partial charge in [-0.15, -0.1) is 11.3 Å². The summed E-state index contributed by atoms with van der Waals surface area (Å²) >= 11 is 1.67. The fourth-order valence-electron chi connectivity index (χ4n) is 2.18. The number of aromatic nitrogens is 2. The van der Waals surface area contributed by atoms with Gasteiger partial charge in [-0.05, 0) is 44.9 Å². The minimum absolute atomic E-state index is 0.737. The summed E-state index contributed by atoms with van der Waals surface area (Å²) in [6, 6.07) is 2.11. The summed E-state index contributed by atoms with van der Waals surface area (Å²) in [5.41, 5.74) is 0. The first kappa shape index (κ1) is 16.0. The van der Waals surface area contributed by atoms with Gasteiger partial charge in [0.25, 0.3) is 0 Å². The highest BCUT2D eigenvalue weighted by Crippen LogP contribution is 2.28. The van der Waals surface area contributed by atoms with Crippen LogP contribution in [0.3, 0.4) is 0 Å². The molecule has 0 atom stereocenters. The van der Waals surface area contributed by atoms with Gasteiger partial charge in [0.1, 0.15) is 10.6 Å². The fourth-order valence-corrected chi connectivity index (χ4v) is 2.94. The van der Waals surface area contributed by atoms with Crippen molar-refractivity contribution in [1.29, 1.82) is 0 Å². The monoisotopic (exact) mass is 307 g/mol. The van der Waals surface area contributed by atoms with Crippen molar-refractivity contribution in [3.05, 3.63) is 11.4 Å². The van der Waals surface area contributed by atoms with Crippen LogP contribution in [-0.2, 0) is 0 Å². The number of nitrogens with one attached hydrogen (secondary N) is 1. The summed E-state index contributed by atoms with van der Waals surface area (Å²) in [6.45, 7) is 5.13. The van der Waals surface area contributed by atoms with E-state index >= 15 is 0 Å². The maximum atomic E-state index is 4.71. The van der Waals surface area contributed by atoms with E-state index in [0.717, 1.165) is 54.5 Å². The van der Waals surface area contributed by atoms with Crippen molar-refractivity contribution < 1.29 is 0 Å². The summed E-state index contributed by atoms with van der Waals surface area (Å²) in [7, 11) is 6.32. The number of fused-ring (bicyclic) bond motifs is 1. The van der Waals surface area contributed by atoms with Gasteiger partial charge in [0.15, 0.2) is 0 Å². The van der Waals surface area contributed by atoms with Crippen molar-refractivity contribution >= 4 is 33.3 Å². The Balaban J connectivity index is 2.17. The number of hydrogen-bond acceptors (Lipinski definition) is 6. The first-order valence-electron chi connectivity index (χ1n) is 7.46. The largest absolute Gasteiger partial charge is 0.359 e. The van der Waals surface area contributed by atoms with Crippen LogP contribution in [0.15, 0.2) is 11.4 Å². The molecule has 0 saturated heterocycles. The predicted octanol–water partition coefficient (Wildman–Crippen LogP) is 2.90. The van der Waals surface area contributed by atoms with Crippen LogP contribution in [0.25, 0.3) is 10.2 Å². The molecule has 0 bridgehead atoms. The molecule has 0 radical (unpaired) electrons. The third kappa shape index (κ3) is 4.28. The lowest BCUT2D eigenvalue weighted by Crippen LogP contribution is -2.24. The molecule has 0 saturated carbocycles. The van der Waals surface area contributed by atoms with Crippen molar-refractivity contribution in [2.75, 3.05) is 51.0 Å². The molecule has 0 spiro atoms. The third-order valence-corrected chi connectivity index (χ3v) is 4.11. The molecule has 5 nitrogen and oxygen atoms in total. The number of hydrogen-bond donors (Lipinski definition) is 1. The molecule has 0 aliphatic carbocycles. The number of anilines is 2. The van der Waals surface area contributed by atoms with E-state index in [4.69, 9.17) is 4.98 Å². The van der Waals surface area contributed by atoms with Crippen molar-refractivity contribution in [1.82, 2.24) is 14.9 Å². The molecule has 6 heteroatoms. The minimum Gasteiger partial charge on any atom is -0.359 e. The van der Waals surface area contributed by atoms with Crippen LogP contribution in [-0.4, -0.2) is 55.6 Å². The van der Waals surface area contributed by atoms with Gasteiger partial charge in [0.2, 0.25) is 5.95 Å². The highest BCUT2D eigenvalue weighted by atomic mass is 32.1. The van der Waals surface area contributed by atoms with E-state index in [2.05, 4.69) is 59.6 Å². The molecule has 0 unspecified atom stereocenters. The fraction of sp³-hybridized carbons (Fsp3) is 0.600. The van der Waals surface area contributed by atoms with Gasteiger partial charge in [0.05, 0.1) is 5.39 Å². The van der Waals surface area contributed by atoms with Crippen LogP contribution in [0.2, 0.25) is 0 Å². The van der Waals surface area contributed by atoms with Gasteiger partial charge in [-0.1, -0.05) is 6.92 Å². The molecule has 1 N–H and O–H groups in total. The average Bonchev–Trinajstić information content (AvgIpc) is 2.91. The van der Waals surface area contributed by atoms with Crippen molar-refractivity contribution in [2.24, 2.45) is 0 Å². The van der Waals surface area contributed by atoms with E-state index in [1.165, 1.54) is 0 Å². The van der Waals surface area contributed by atoms with Crippen molar-refractivity contribution in [3.63, 3.8) is 0 Å². The van der Waals surface area contributed by atoms with Crippen LogP contribution >= 0.6 is 11.3 Å². The van der Waals surface area contributed by atoms with Gasteiger partial charge in [0, 0.05) is 20.1 Å². The van der Waals surface area contributed by atoms with Crippen LogP contribution in [0, 0.1) is 0 Å². The molecular formula is C15H25N5S. The predicted molar refractivity (Wildman–Crippen MR) is 92.6 cm³/mol. The quantitative estimate of drug-likeness (QED) is 0.812. The Hall–Kier alpha value is -1.40. The first-order valence-corrected chi connectivity index (χ1v) is 8.34. The maximum Gasteiger partial charge on any atom is 0.226 e. The SMILES string of the molecule is CCCNc1nc(N(C)CCCN(C)C)c2ccsc2n1. The minimum atomic E-state index is 0.737. The molecule has 0 aliphatic rings. The highest BCUT2D eigenvalue weighted by Gasteiger charge is 2.12. The second kappa shape index (κ2) is 7.56. The smallest absolute Gasteiger partial charge is 0.226 e.